The van der Waals surface area contributed by atoms with Crippen LogP contribution < -0.4 is 4.90 Å². The van der Waals surface area contributed by atoms with Crippen LogP contribution in [0, 0.1) is 23.7 Å². The maximum Gasteiger partial charge on any atom is 0.340 e. The Kier molecular flexibility index (Phi) is 4.10. The predicted octanol–water partition coefficient (Wildman–Crippen LogP) is 3.18. The summed E-state index contributed by atoms with van der Waals surface area (Å²) in [6.07, 6.45) is 4.81. The SMILES string of the molecule is CCCCOC(=O)c1ccccc1N1C(=O)[C@H]2[C@H]3CC[C@@H](C3)[C@@H]2C1=O. The lowest BCUT2D eigenvalue weighted by molar-refractivity contribution is -0.123. The number of imide groups is 1. The van der Waals surface area contributed by atoms with Gasteiger partial charge in [0.25, 0.3) is 0 Å². The van der Waals surface area contributed by atoms with Crippen LogP contribution in [0.1, 0.15) is 49.4 Å². The highest BCUT2D eigenvalue weighted by molar-refractivity contribution is 6.24. The van der Waals surface area contributed by atoms with Gasteiger partial charge in [-0.15, -0.1) is 0 Å². The molecule has 132 valence electrons. The fourth-order valence-electron chi connectivity index (χ4n) is 4.87. The maximum absolute atomic E-state index is 13.0. The van der Waals surface area contributed by atoms with E-state index in [1.54, 1.807) is 24.3 Å². The van der Waals surface area contributed by atoms with Gasteiger partial charge in [-0.1, -0.05) is 25.5 Å². The van der Waals surface area contributed by atoms with Crippen LogP contribution in [0.3, 0.4) is 0 Å². The molecular formula is C20H23NO4. The molecule has 1 saturated heterocycles. The van der Waals surface area contributed by atoms with Crippen LogP contribution in [0.25, 0.3) is 0 Å². The van der Waals surface area contributed by atoms with Crippen LogP contribution in [-0.4, -0.2) is 24.4 Å². The second-order valence-corrected chi connectivity index (χ2v) is 7.40. The average Bonchev–Trinajstić information content (AvgIpc) is 3.29. The van der Waals surface area contributed by atoms with Gasteiger partial charge in [-0.2, -0.15) is 0 Å². The number of nitrogens with zero attached hydrogens (tertiary/aromatic N) is 1. The van der Waals surface area contributed by atoms with Crippen molar-refractivity contribution in [3.63, 3.8) is 0 Å². The number of carbonyl (C=O) groups excluding carboxylic acids is 3. The first-order valence-corrected chi connectivity index (χ1v) is 9.27. The Labute approximate surface area is 147 Å². The van der Waals surface area contributed by atoms with E-state index < -0.39 is 5.97 Å². The fourth-order valence-corrected chi connectivity index (χ4v) is 4.87. The molecule has 2 amide bonds. The molecule has 3 fully saturated rings. The molecule has 25 heavy (non-hydrogen) atoms. The number of hydrogen-bond donors (Lipinski definition) is 0. The Hall–Kier alpha value is -2.17. The van der Waals surface area contributed by atoms with Gasteiger partial charge in [0.1, 0.15) is 0 Å². The van der Waals surface area contributed by atoms with E-state index >= 15 is 0 Å². The normalized spacial score (nSPS) is 30.0. The van der Waals surface area contributed by atoms with E-state index in [-0.39, 0.29) is 23.7 Å². The van der Waals surface area contributed by atoms with Crippen molar-refractivity contribution in [3.8, 4) is 0 Å². The van der Waals surface area contributed by atoms with Gasteiger partial charge in [-0.05, 0) is 49.7 Å². The van der Waals surface area contributed by atoms with Crippen molar-refractivity contribution in [2.24, 2.45) is 23.7 Å². The predicted molar refractivity (Wildman–Crippen MR) is 91.9 cm³/mol. The molecule has 5 heteroatoms. The summed E-state index contributed by atoms with van der Waals surface area (Å²) in [5.41, 5.74) is 0.681. The molecule has 0 N–H and O–H groups in total. The van der Waals surface area contributed by atoms with Crippen molar-refractivity contribution in [1.29, 1.82) is 0 Å². The number of unbranched alkanes of at least 4 members (excludes halogenated alkanes) is 1. The Balaban J connectivity index is 1.63. The van der Waals surface area contributed by atoms with E-state index in [4.69, 9.17) is 4.74 Å². The van der Waals surface area contributed by atoms with Crippen LogP contribution >= 0.6 is 0 Å². The molecule has 0 aromatic heterocycles. The standard InChI is InChI=1S/C20H23NO4/c1-2-3-10-25-20(24)14-6-4-5-7-15(14)21-18(22)16-12-8-9-13(11-12)17(16)19(21)23/h4-7,12-13,16-17H,2-3,8-11H2,1H3/t12-,13-,16-,17-/m0/s1. The zero-order chi connectivity index (χ0) is 17.6. The number of fused-ring (bicyclic) bond motifs is 5. The summed E-state index contributed by atoms with van der Waals surface area (Å²) in [5, 5.41) is 0. The summed E-state index contributed by atoms with van der Waals surface area (Å²) >= 11 is 0. The lowest BCUT2D eigenvalue weighted by Gasteiger charge is -2.19. The van der Waals surface area contributed by atoms with Crippen molar-refractivity contribution >= 4 is 23.5 Å². The average molecular weight is 341 g/mol. The van der Waals surface area contributed by atoms with Gasteiger partial charge >= 0.3 is 5.97 Å². The molecule has 4 atom stereocenters. The molecule has 2 saturated carbocycles. The quantitative estimate of drug-likeness (QED) is 0.469. The molecule has 1 aromatic carbocycles. The Morgan fingerprint density at radius 2 is 1.76 bits per heavy atom. The van der Waals surface area contributed by atoms with E-state index in [9.17, 15) is 14.4 Å². The minimum atomic E-state index is -0.468. The molecule has 5 nitrogen and oxygen atoms in total. The second kappa shape index (κ2) is 6.28. The van der Waals surface area contributed by atoms with Crippen molar-refractivity contribution in [1.82, 2.24) is 0 Å². The van der Waals surface area contributed by atoms with Gasteiger partial charge in [0.2, 0.25) is 11.8 Å². The summed E-state index contributed by atoms with van der Waals surface area (Å²) in [4.78, 5) is 39.6. The molecular weight excluding hydrogens is 318 g/mol. The first-order chi connectivity index (χ1) is 12.1. The number of benzene rings is 1. The first-order valence-electron chi connectivity index (χ1n) is 9.27. The number of para-hydroxylation sites is 1. The summed E-state index contributed by atoms with van der Waals surface area (Å²) in [6.45, 7) is 2.37. The van der Waals surface area contributed by atoms with E-state index in [1.165, 1.54) is 4.90 Å². The van der Waals surface area contributed by atoms with Crippen molar-refractivity contribution in [3.05, 3.63) is 29.8 Å². The minimum absolute atomic E-state index is 0.129. The summed E-state index contributed by atoms with van der Waals surface area (Å²) in [6, 6.07) is 6.79. The number of amides is 2. The summed E-state index contributed by atoms with van der Waals surface area (Å²) in [7, 11) is 0. The molecule has 3 aliphatic rings. The van der Waals surface area contributed by atoms with Crippen molar-refractivity contribution < 1.29 is 19.1 Å². The molecule has 0 spiro atoms. The van der Waals surface area contributed by atoms with E-state index in [0.29, 0.717) is 29.7 Å². The van der Waals surface area contributed by atoms with Crippen LogP contribution in [0.5, 0.6) is 0 Å². The van der Waals surface area contributed by atoms with E-state index in [1.807, 2.05) is 6.92 Å². The molecule has 4 rings (SSSR count). The molecule has 0 radical (unpaired) electrons. The fraction of sp³-hybridized carbons (Fsp3) is 0.550. The number of hydrogen-bond acceptors (Lipinski definition) is 4. The Morgan fingerprint density at radius 3 is 2.40 bits per heavy atom. The molecule has 0 unspecified atom stereocenters. The number of anilines is 1. The van der Waals surface area contributed by atoms with E-state index in [0.717, 1.165) is 32.1 Å². The second-order valence-electron chi connectivity index (χ2n) is 7.40. The van der Waals surface area contributed by atoms with Gasteiger partial charge in [0, 0.05) is 0 Å². The van der Waals surface area contributed by atoms with Crippen LogP contribution in [0.2, 0.25) is 0 Å². The zero-order valence-electron chi connectivity index (χ0n) is 14.4. The first kappa shape index (κ1) is 16.3. The number of esters is 1. The number of carbonyl (C=O) groups is 3. The van der Waals surface area contributed by atoms with Crippen LogP contribution in [-0.2, 0) is 14.3 Å². The van der Waals surface area contributed by atoms with Gasteiger partial charge < -0.3 is 4.74 Å². The van der Waals surface area contributed by atoms with Gasteiger partial charge in [0.05, 0.1) is 29.7 Å². The molecule has 1 aliphatic heterocycles. The topological polar surface area (TPSA) is 63.7 Å². The number of ether oxygens (including phenoxy) is 1. The van der Waals surface area contributed by atoms with Gasteiger partial charge in [-0.25, -0.2) is 9.69 Å². The van der Waals surface area contributed by atoms with Crippen molar-refractivity contribution in [2.75, 3.05) is 11.5 Å². The van der Waals surface area contributed by atoms with E-state index in [2.05, 4.69) is 0 Å². The van der Waals surface area contributed by atoms with Gasteiger partial charge in [-0.3, -0.25) is 9.59 Å². The Morgan fingerprint density at radius 1 is 1.12 bits per heavy atom. The molecule has 2 aliphatic carbocycles. The third-order valence-electron chi connectivity index (χ3n) is 6.02. The van der Waals surface area contributed by atoms with Crippen LogP contribution in [0.15, 0.2) is 24.3 Å². The highest BCUT2D eigenvalue weighted by Crippen LogP contribution is 2.56. The largest absolute Gasteiger partial charge is 0.462 e. The molecule has 1 heterocycles. The summed E-state index contributed by atoms with van der Waals surface area (Å²) in [5.74, 6) is -0.428. The minimum Gasteiger partial charge on any atom is -0.462 e. The third kappa shape index (κ3) is 2.48. The molecule has 2 bridgehead atoms. The van der Waals surface area contributed by atoms with Crippen LogP contribution in [0.4, 0.5) is 5.69 Å². The lowest BCUT2D eigenvalue weighted by atomic mass is 9.81. The highest BCUT2D eigenvalue weighted by Gasteiger charge is 2.61. The molecule has 1 aromatic rings. The highest BCUT2D eigenvalue weighted by atomic mass is 16.5. The zero-order valence-corrected chi connectivity index (χ0v) is 14.4. The number of rotatable bonds is 5. The maximum atomic E-state index is 13.0. The third-order valence-corrected chi connectivity index (χ3v) is 6.02. The van der Waals surface area contributed by atoms with Gasteiger partial charge in [0.15, 0.2) is 0 Å². The smallest absolute Gasteiger partial charge is 0.340 e. The summed E-state index contributed by atoms with van der Waals surface area (Å²) < 4.78 is 5.30. The van der Waals surface area contributed by atoms with Crippen molar-refractivity contribution in [2.45, 2.75) is 39.0 Å². The Bertz CT molecular complexity index is 700. The lowest BCUT2D eigenvalue weighted by Crippen LogP contribution is -2.34. The monoisotopic (exact) mass is 341 g/mol.